The van der Waals surface area contributed by atoms with Crippen molar-refractivity contribution in [2.24, 2.45) is 4.99 Å². The largest absolute Gasteiger partial charge is 0.417 e. The van der Waals surface area contributed by atoms with E-state index >= 15 is 0 Å². The van der Waals surface area contributed by atoms with Crippen molar-refractivity contribution in [2.75, 3.05) is 5.32 Å². The van der Waals surface area contributed by atoms with E-state index in [2.05, 4.69) is 25.3 Å². The number of pyridine rings is 1. The van der Waals surface area contributed by atoms with Crippen molar-refractivity contribution in [3.05, 3.63) is 90.3 Å². The van der Waals surface area contributed by atoms with Gasteiger partial charge < -0.3 is 5.32 Å². The number of halogens is 3. The first-order chi connectivity index (χ1) is 15.0. The van der Waals surface area contributed by atoms with E-state index in [4.69, 9.17) is 0 Å². The molecule has 152 valence electrons. The summed E-state index contributed by atoms with van der Waals surface area (Å²) in [6.45, 7) is 0. The van der Waals surface area contributed by atoms with Crippen molar-refractivity contribution in [1.82, 2.24) is 15.0 Å². The van der Waals surface area contributed by atoms with E-state index in [0.717, 1.165) is 17.3 Å². The van der Waals surface area contributed by atoms with Gasteiger partial charge in [0.1, 0.15) is 5.84 Å². The molecule has 0 atom stereocenters. The van der Waals surface area contributed by atoms with E-state index in [1.54, 1.807) is 30.6 Å². The van der Waals surface area contributed by atoms with Crippen LogP contribution in [0.15, 0.2) is 84.1 Å². The minimum Gasteiger partial charge on any atom is -0.339 e. The predicted molar refractivity (Wildman–Crippen MR) is 112 cm³/mol. The molecule has 0 radical (unpaired) electrons. The number of fused-ring (bicyclic) bond motifs is 1. The van der Waals surface area contributed by atoms with Crippen LogP contribution in [0.1, 0.15) is 11.1 Å². The van der Waals surface area contributed by atoms with Crippen molar-refractivity contribution in [3.63, 3.8) is 0 Å². The summed E-state index contributed by atoms with van der Waals surface area (Å²) >= 11 is 0. The predicted octanol–water partition coefficient (Wildman–Crippen LogP) is 5.73. The average Bonchev–Trinajstić information content (AvgIpc) is 2.77. The second-order valence-electron chi connectivity index (χ2n) is 6.85. The lowest BCUT2D eigenvalue weighted by Crippen LogP contribution is -2.25. The van der Waals surface area contributed by atoms with Crippen LogP contribution in [0.25, 0.3) is 22.5 Å². The fraction of sp³-hybridized carbons (Fsp3) is 0.0435. The number of benzene rings is 2. The van der Waals surface area contributed by atoms with Crippen LogP contribution < -0.4 is 5.32 Å². The molecule has 1 aliphatic heterocycles. The average molecular weight is 417 g/mol. The normalized spacial score (nSPS) is 14.0. The number of rotatable bonds is 3. The molecule has 0 fully saturated rings. The maximum atomic E-state index is 13.6. The molecule has 1 N–H and O–H groups in total. The Morgan fingerprint density at radius 2 is 1.45 bits per heavy atom. The first kappa shape index (κ1) is 18.9. The van der Waals surface area contributed by atoms with Crippen molar-refractivity contribution in [1.29, 1.82) is 0 Å². The third-order valence-electron chi connectivity index (χ3n) is 4.85. The molecule has 0 spiro atoms. The minimum absolute atomic E-state index is 0.0314. The van der Waals surface area contributed by atoms with E-state index in [1.807, 2.05) is 24.3 Å². The van der Waals surface area contributed by atoms with Crippen molar-refractivity contribution < 1.29 is 13.2 Å². The number of nitrogens with zero attached hydrogens (tertiary/aromatic N) is 4. The molecule has 0 aliphatic carbocycles. The molecule has 4 aromatic rings. The molecule has 0 saturated heterocycles. The number of hydrogen-bond donors (Lipinski definition) is 1. The lowest BCUT2D eigenvalue weighted by molar-refractivity contribution is -0.137. The van der Waals surface area contributed by atoms with Crippen molar-refractivity contribution >= 4 is 17.5 Å². The Labute approximate surface area is 175 Å². The minimum atomic E-state index is -4.51. The summed E-state index contributed by atoms with van der Waals surface area (Å²) in [6, 6.07) is 17.9. The number of hydrogen-bond acceptors (Lipinski definition) is 4. The highest BCUT2D eigenvalue weighted by molar-refractivity contribution is 6.21. The maximum absolute atomic E-state index is 13.6. The van der Waals surface area contributed by atoms with E-state index in [1.165, 1.54) is 18.2 Å². The Morgan fingerprint density at radius 1 is 0.774 bits per heavy atom. The van der Waals surface area contributed by atoms with Crippen LogP contribution in [-0.4, -0.2) is 20.8 Å². The van der Waals surface area contributed by atoms with Gasteiger partial charge in [-0.1, -0.05) is 30.3 Å². The number of aromatic nitrogens is 3. The standard InChI is InChI=1S/C23H14F3N5/c24-23(25,26)17-7-3-1-5-15(17)20-13-19(14-9-11-27-12-10-14)29-22(30-20)31-21-16-6-2-4-8-18(16)28-21/h1-13H,(H,28,29,30,31). The highest BCUT2D eigenvalue weighted by Gasteiger charge is 2.34. The number of anilines is 1. The second-order valence-corrected chi connectivity index (χ2v) is 6.85. The smallest absolute Gasteiger partial charge is 0.339 e. The van der Waals surface area contributed by atoms with Gasteiger partial charge in [0.05, 0.1) is 22.6 Å². The van der Waals surface area contributed by atoms with Crippen LogP contribution in [0.3, 0.4) is 0 Å². The van der Waals surface area contributed by atoms with Gasteiger partial charge in [-0.05, 0) is 36.4 Å². The SMILES string of the molecule is FC(F)(F)c1ccccc1-c1cc(-c2ccncc2)nc(N=C2Nc3ccccc32)n1. The molecule has 8 heteroatoms. The van der Waals surface area contributed by atoms with Crippen LogP contribution in [0.5, 0.6) is 0 Å². The third kappa shape index (κ3) is 3.63. The summed E-state index contributed by atoms with van der Waals surface area (Å²) in [5.41, 5.74) is 2.33. The highest BCUT2D eigenvalue weighted by atomic mass is 19.4. The first-order valence-electron chi connectivity index (χ1n) is 9.40. The van der Waals surface area contributed by atoms with E-state index in [0.29, 0.717) is 17.1 Å². The van der Waals surface area contributed by atoms with Crippen LogP contribution in [0, 0.1) is 0 Å². The summed E-state index contributed by atoms with van der Waals surface area (Å²) in [7, 11) is 0. The molecule has 5 rings (SSSR count). The monoisotopic (exact) mass is 417 g/mol. The Bertz CT molecular complexity index is 1300. The first-order valence-corrected chi connectivity index (χ1v) is 9.40. The molecule has 2 aromatic heterocycles. The number of amidine groups is 1. The van der Waals surface area contributed by atoms with E-state index in [-0.39, 0.29) is 17.2 Å². The summed E-state index contributed by atoms with van der Waals surface area (Å²) in [4.78, 5) is 17.3. The van der Waals surface area contributed by atoms with Gasteiger partial charge in [0.2, 0.25) is 0 Å². The van der Waals surface area contributed by atoms with Gasteiger partial charge in [0.25, 0.3) is 5.95 Å². The lowest BCUT2D eigenvalue weighted by Gasteiger charge is -2.23. The van der Waals surface area contributed by atoms with Gasteiger partial charge in [-0.2, -0.15) is 18.2 Å². The summed E-state index contributed by atoms with van der Waals surface area (Å²) < 4.78 is 40.8. The molecule has 5 nitrogen and oxygen atoms in total. The zero-order valence-corrected chi connectivity index (χ0v) is 15.9. The molecule has 0 saturated carbocycles. The van der Waals surface area contributed by atoms with Gasteiger partial charge in [0.15, 0.2) is 0 Å². The molecular formula is C23H14F3N5. The van der Waals surface area contributed by atoms with Gasteiger partial charge in [-0.25, -0.2) is 9.97 Å². The summed E-state index contributed by atoms with van der Waals surface area (Å²) in [6.07, 6.45) is -1.33. The van der Waals surface area contributed by atoms with Crippen LogP contribution in [0.2, 0.25) is 0 Å². The quantitative estimate of drug-likeness (QED) is 0.463. The zero-order valence-electron chi connectivity index (χ0n) is 15.9. The molecule has 31 heavy (non-hydrogen) atoms. The lowest BCUT2D eigenvalue weighted by atomic mass is 10.0. The number of nitrogens with one attached hydrogen (secondary N) is 1. The third-order valence-corrected chi connectivity index (χ3v) is 4.85. The molecule has 2 aromatic carbocycles. The van der Waals surface area contributed by atoms with Crippen molar-refractivity contribution in [2.45, 2.75) is 6.18 Å². The van der Waals surface area contributed by atoms with E-state index in [9.17, 15) is 13.2 Å². The zero-order chi connectivity index (χ0) is 21.4. The van der Waals surface area contributed by atoms with Crippen LogP contribution in [-0.2, 0) is 6.18 Å². The molecule has 0 unspecified atom stereocenters. The van der Waals surface area contributed by atoms with Gasteiger partial charge in [-0.15, -0.1) is 0 Å². The van der Waals surface area contributed by atoms with Gasteiger partial charge in [0, 0.05) is 29.1 Å². The topological polar surface area (TPSA) is 63.1 Å². The van der Waals surface area contributed by atoms with Gasteiger partial charge in [-0.3, -0.25) is 4.98 Å². The molecule has 1 aliphatic rings. The highest BCUT2D eigenvalue weighted by Crippen LogP contribution is 2.37. The number of alkyl halides is 3. The molecule has 3 heterocycles. The molecule has 0 bridgehead atoms. The Balaban J connectivity index is 1.68. The summed E-state index contributed by atoms with van der Waals surface area (Å²) in [5, 5.41) is 3.11. The van der Waals surface area contributed by atoms with Crippen molar-refractivity contribution in [3.8, 4) is 22.5 Å². The molecular weight excluding hydrogens is 403 g/mol. The van der Waals surface area contributed by atoms with Crippen LogP contribution >= 0.6 is 0 Å². The fourth-order valence-corrected chi connectivity index (χ4v) is 3.37. The fourth-order valence-electron chi connectivity index (χ4n) is 3.37. The van der Waals surface area contributed by atoms with Crippen LogP contribution in [0.4, 0.5) is 24.8 Å². The summed E-state index contributed by atoms with van der Waals surface area (Å²) in [5.74, 6) is 0.635. The van der Waals surface area contributed by atoms with E-state index < -0.39 is 11.7 Å². The molecule has 0 amide bonds. The van der Waals surface area contributed by atoms with Gasteiger partial charge >= 0.3 is 6.18 Å². The Morgan fingerprint density at radius 3 is 2.19 bits per heavy atom. The second kappa shape index (κ2) is 7.32. The Kier molecular flexibility index (Phi) is 4.47. The number of aliphatic imine (C=N–C) groups is 1. The maximum Gasteiger partial charge on any atom is 0.417 e. The Hall–Kier alpha value is -4.07. The number of para-hydroxylation sites is 1.